The van der Waals surface area contributed by atoms with Crippen molar-refractivity contribution in [2.45, 2.75) is 37.1 Å². The Morgan fingerprint density at radius 1 is 1.12 bits per heavy atom. The first kappa shape index (κ1) is 19.4. The lowest BCUT2D eigenvalue weighted by molar-refractivity contribution is -0.121. The molecule has 0 aliphatic heterocycles. The van der Waals surface area contributed by atoms with Crippen LogP contribution in [0.25, 0.3) is 0 Å². The van der Waals surface area contributed by atoms with Gasteiger partial charge in [0.15, 0.2) is 0 Å². The molecule has 0 heterocycles. The van der Waals surface area contributed by atoms with Gasteiger partial charge in [-0.2, -0.15) is 0 Å². The molecule has 1 aliphatic rings. The third kappa shape index (κ3) is 4.59. The summed E-state index contributed by atoms with van der Waals surface area (Å²) in [4.78, 5) is 12.2. The number of benzene rings is 2. The average molecular weight is 363 g/mol. The molecule has 0 bridgehead atoms. The normalized spacial score (nSPS) is 16.2. The molecular weight excluding hydrogens is 339 g/mol. The highest BCUT2D eigenvalue weighted by molar-refractivity contribution is 5.85. The fraction of sp³-hybridized carbons (Fsp3) is 0.350. The Bertz CT molecular complexity index is 687. The molecule has 0 radical (unpaired) electrons. The third-order valence-electron chi connectivity index (χ3n) is 5.02. The van der Waals surface area contributed by atoms with Gasteiger partial charge in [-0.15, -0.1) is 12.4 Å². The maximum Gasteiger partial charge on any atom is 0.221 e. The predicted molar refractivity (Wildman–Crippen MR) is 100 cm³/mol. The van der Waals surface area contributed by atoms with Crippen LogP contribution >= 0.6 is 12.4 Å². The van der Waals surface area contributed by atoms with Crippen LogP contribution in [0.2, 0.25) is 0 Å². The molecule has 2 aromatic carbocycles. The molecule has 134 valence electrons. The van der Waals surface area contributed by atoms with Gasteiger partial charge in [0.05, 0.1) is 0 Å². The Morgan fingerprint density at radius 3 is 2.32 bits per heavy atom. The second-order valence-corrected chi connectivity index (χ2v) is 6.64. The van der Waals surface area contributed by atoms with E-state index in [2.05, 4.69) is 5.32 Å². The highest BCUT2D eigenvalue weighted by Crippen LogP contribution is 2.43. The molecule has 1 fully saturated rings. The fourth-order valence-corrected chi connectivity index (χ4v) is 3.33. The molecule has 5 heteroatoms. The summed E-state index contributed by atoms with van der Waals surface area (Å²) in [7, 11) is 0. The van der Waals surface area contributed by atoms with Gasteiger partial charge >= 0.3 is 0 Å². The van der Waals surface area contributed by atoms with Gasteiger partial charge in [-0.25, -0.2) is 4.39 Å². The molecule has 1 saturated carbocycles. The predicted octanol–water partition coefficient (Wildman–Crippen LogP) is 3.88. The molecular formula is C20H24ClFN2O. The van der Waals surface area contributed by atoms with Crippen molar-refractivity contribution in [2.75, 3.05) is 6.54 Å². The van der Waals surface area contributed by atoms with Gasteiger partial charge in [-0.3, -0.25) is 4.79 Å². The van der Waals surface area contributed by atoms with Crippen LogP contribution in [0.15, 0.2) is 54.6 Å². The summed E-state index contributed by atoms with van der Waals surface area (Å²) in [5.74, 6) is -0.272. The first-order chi connectivity index (χ1) is 11.6. The summed E-state index contributed by atoms with van der Waals surface area (Å²) in [6.07, 6.45) is 3.44. The zero-order valence-corrected chi connectivity index (χ0v) is 14.9. The number of nitrogens with two attached hydrogens (primary N) is 1. The van der Waals surface area contributed by atoms with Crippen molar-refractivity contribution in [1.82, 2.24) is 5.32 Å². The van der Waals surface area contributed by atoms with Gasteiger partial charge in [0.2, 0.25) is 5.91 Å². The van der Waals surface area contributed by atoms with E-state index in [9.17, 15) is 9.18 Å². The smallest absolute Gasteiger partial charge is 0.221 e. The van der Waals surface area contributed by atoms with Crippen LogP contribution in [0.5, 0.6) is 0 Å². The van der Waals surface area contributed by atoms with Crippen LogP contribution < -0.4 is 11.1 Å². The molecule has 3 nitrogen and oxygen atoms in total. The van der Waals surface area contributed by atoms with Crippen molar-refractivity contribution in [3.05, 3.63) is 71.5 Å². The van der Waals surface area contributed by atoms with E-state index in [1.807, 2.05) is 42.5 Å². The number of rotatable bonds is 6. The lowest BCUT2D eigenvalue weighted by Gasteiger charge is -2.42. The first-order valence-corrected chi connectivity index (χ1v) is 8.42. The van der Waals surface area contributed by atoms with E-state index in [1.54, 1.807) is 0 Å². The van der Waals surface area contributed by atoms with Crippen LogP contribution in [-0.2, 0) is 10.2 Å². The zero-order chi connectivity index (χ0) is 17.0. The summed E-state index contributed by atoms with van der Waals surface area (Å²) >= 11 is 0. The largest absolute Gasteiger partial charge is 0.355 e. The monoisotopic (exact) mass is 362 g/mol. The Morgan fingerprint density at radius 2 is 1.76 bits per heavy atom. The molecule has 3 rings (SSSR count). The summed E-state index contributed by atoms with van der Waals surface area (Å²) in [6.45, 7) is 0.582. The summed E-state index contributed by atoms with van der Waals surface area (Å²) in [5, 5.41) is 3.03. The van der Waals surface area contributed by atoms with Crippen molar-refractivity contribution in [3.63, 3.8) is 0 Å². The lowest BCUT2D eigenvalue weighted by Crippen LogP contribution is -2.46. The molecule has 0 spiro atoms. The van der Waals surface area contributed by atoms with E-state index in [-0.39, 0.29) is 42.0 Å². The van der Waals surface area contributed by atoms with Crippen molar-refractivity contribution in [1.29, 1.82) is 0 Å². The van der Waals surface area contributed by atoms with Crippen LogP contribution in [0.1, 0.15) is 42.9 Å². The molecule has 1 amide bonds. The lowest BCUT2D eigenvalue weighted by atomic mass is 9.64. The average Bonchev–Trinajstić information content (AvgIpc) is 2.56. The van der Waals surface area contributed by atoms with Gasteiger partial charge in [0.1, 0.15) is 5.82 Å². The van der Waals surface area contributed by atoms with Crippen molar-refractivity contribution >= 4 is 18.3 Å². The van der Waals surface area contributed by atoms with Gasteiger partial charge in [0, 0.05) is 24.4 Å². The maximum absolute atomic E-state index is 13.1. The Labute approximate surface area is 154 Å². The highest BCUT2D eigenvalue weighted by Gasteiger charge is 2.38. The molecule has 1 unspecified atom stereocenters. The molecule has 0 saturated heterocycles. The topological polar surface area (TPSA) is 55.1 Å². The fourth-order valence-electron chi connectivity index (χ4n) is 3.33. The van der Waals surface area contributed by atoms with Gasteiger partial charge in [0.25, 0.3) is 0 Å². The summed E-state index contributed by atoms with van der Waals surface area (Å²) < 4.78 is 13.1. The van der Waals surface area contributed by atoms with E-state index in [1.165, 1.54) is 12.1 Å². The number of amides is 1. The minimum Gasteiger partial charge on any atom is -0.355 e. The minimum atomic E-state index is -0.297. The third-order valence-corrected chi connectivity index (χ3v) is 5.02. The van der Waals surface area contributed by atoms with Crippen molar-refractivity contribution in [3.8, 4) is 0 Å². The number of hydrogen-bond acceptors (Lipinski definition) is 2. The highest BCUT2D eigenvalue weighted by atomic mass is 35.5. The SMILES string of the molecule is Cl.NC(CC(=O)NCC1(c2ccc(F)cc2)CCC1)c1ccccc1. The molecule has 1 atom stereocenters. The minimum absolute atomic E-state index is 0. The number of hydrogen-bond donors (Lipinski definition) is 2. The van der Waals surface area contributed by atoms with Gasteiger partial charge in [-0.05, 0) is 36.1 Å². The second kappa shape index (κ2) is 8.45. The van der Waals surface area contributed by atoms with Crippen LogP contribution in [0, 0.1) is 5.82 Å². The number of halogens is 2. The number of carbonyl (C=O) groups excluding carboxylic acids is 1. The van der Waals surface area contributed by atoms with Crippen LogP contribution in [-0.4, -0.2) is 12.5 Å². The summed E-state index contributed by atoms with van der Waals surface area (Å²) in [5.41, 5.74) is 8.11. The number of carbonyl (C=O) groups is 1. The van der Waals surface area contributed by atoms with Gasteiger partial charge < -0.3 is 11.1 Å². The number of nitrogens with one attached hydrogen (secondary N) is 1. The second-order valence-electron chi connectivity index (χ2n) is 6.64. The van der Waals surface area contributed by atoms with E-state index in [0.29, 0.717) is 6.54 Å². The van der Waals surface area contributed by atoms with Crippen LogP contribution in [0.4, 0.5) is 4.39 Å². The molecule has 0 aromatic heterocycles. The molecule has 1 aliphatic carbocycles. The van der Waals surface area contributed by atoms with Crippen molar-refractivity contribution < 1.29 is 9.18 Å². The van der Waals surface area contributed by atoms with E-state index >= 15 is 0 Å². The summed E-state index contributed by atoms with van der Waals surface area (Å²) in [6, 6.07) is 16.0. The van der Waals surface area contributed by atoms with E-state index < -0.39 is 0 Å². The molecule has 3 N–H and O–H groups in total. The molecule has 2 aromatic rings. The van der Waals surface area contributed by atoms with E-state index in [4.69, 9.17) is 5.73 Å². The first-order valence-electron chi connectivity index (χ1n) is 8.42. The molecule has 25 heavy (non-hydrogen) atoms. The van der Waals surface area contributed by atoms with E-state index in [0.717, 1.165) is 30.4 Å². The van der Waals surface area contributed by atoms with Gasteiger partial charge in [-0.1, -0.05) is 48.9 Å². The Balaban J connectivity index is 0.00000225. The zero-order valence-electron chi connectivity index (χ0n) is 14.1. The standard InChI is InChI=1S/C20H23FN2O.ClH/c21-17-9-7-16(8-10-17)20(11-4-12-20)14-23-19(24)13-18(22)15-5-2-1-3-6-15;/h1-3,5-10,18H,4,11-14,22H2,(H,23,24);1H. The quantitative estimate of drug-likeness (QED) is 0.819. The maximum atomic E-state index is 13.1. The Hall–Kier alpha value is -1.91. The Kier molecular flexibility index (Phi) is 6.57. The van der Waals surface area contributed by atoms with Crippen molar-refractivity contribution in [2.24, 2.45) is 5.73 Å². The van der Waals surface area contributed by atoms with Crippen LogP contribution in [0.3, 0.4) is 0 Å².